The number of amides is 1. The third-order valence-corrected chi connectivity index (χ3v) is 4.80. The predicted molar refractivity (Wildman–Crippen MR) is 103 cm³/mol. The summed E-state index contributed by atoms with van der Waals surface area (Å²) in [5, 5.41) is 10.6. The van der Waals surface area contributed by atoms with Gasteiger partial charge in [0.15, 0.2) is 5.65 Å². The van der Waals surface area contributed by atoms with E-state index >= 15 is 0 Å². The largest absolute Gasteiger partial charge is 0.489 e. The van der Waals surface area contributed by atoms with Crippen LogP contribution in [0.3, 0.4) is 0 Å². The zero-order valence-corrected chi connectivity index (χ0v) is 16.0. The van der Waals surface area contributed by atoms with Gasteiger partial charge in [-0.2, -0.15) is 5.10 Å². The number of hydrogen-bond acceptors (Lipinski definition) is 5. The molecule has 4 rings (SSSR count). The topological polar surface area (TPSA) is 80.6 Å². The molecule has 0 unspecified atom stereocenters. The molecule has 0 saturated heterocycles. The van der Waals surface area contributed by atoms with Crippen molar-refractivity contribution in [3.05, 3.63) is 53.1 Å². The van der Waals surface area contributed by atoms with Gasteiger partial charge < -0.3 is 15.4 Å². The number of halogens is 1. The highest BCUT2D eigenvalue weighted by molar-refractivity contribution is 6.01. The molecule has 8 heteroatoms. The van der Waals surface area contributed by atoms with E-state index in [0.717, 1.165) is 0 Å². The van der Waals surface area contributed by atoms with Crippen LogP contribution in [0.5, 0.6) is 5.75 Å². The number of hydrogen-bond donors (Lipinski definition) is 2. The molecule has 2 aromatic heterocycles. The summed E-state index contributed by atoms with van der Waals surface area (Å²) in [4.78, 5) is 17.4. The number of ether oxygens (including phenoxy) is 1. The fourth-order valence-electron chi connectivity index (χ4n) is 3.38. The molecule has 3 aromatic rings. The van der Waals surface area contributed by atoms with E-state index in [1.807, 2.05) is 20.8 Å². The minimum Gasteiger partial charge on any atom is -0.489 e. The van der Waals surface area contributed by atoms with Gasteiger partial charge in [0.25, 0.3) is 5.91 Å². The van der Waals surface area contributed by atoms with Crippen molar-refractivity contribution in [1.82, 2.24) is 19.9 Å². The molecular formula is C20H22FN5O2. The van der Waals surface area contributed by atoms with Crippen molar-refractivity contribution in [3.63, 3.8) is 0 Å². The van der Waals surface area contributed by atoms with Crippen LogP contribution in [-0.2, 0) is 6.42 Å². The van der Waals surface area contributed by atoms with Crippen molar-refractivity contribution in [3.8, 4) is 5.75 Å². The van der Waals surface area contributed by atoms with Gasteiger partial charge in [-0.05, 0) is 44.5 Å². The molecule has 0 spiro atoms. The fourth-order valence-corrected chi connectivity index (χ4v) is 3.38. The number of rotatable bonds is 1. The highest BCUT2D eigenvalue weighted by Gasteiger charge is 2.23. The number of carbonyl (C=O) groups is 1. The number of benzene rings is 1. The number of anilines is 1. The summed E-state index contributed by atoms with van der Waals surface area (Å²) in [6, 6.07) is 5.95. The molecule has 1 amide bonds. The molecule has 3 heterocycles. The molecule has 7 nitrogen and oxygen atoms in total. The Hall–Kier alpha value is -3.16. The quantitative estimate of drug-likeness (QED) is 0.675. The van der Waals surface area contributed by atoms with E-state index in [4.69, 9.17) is 4.74 Å². The Morgan fingerprint density at radius 3 is 2.93 bits per heavy atom. The van der Waals surface area contributed by atoms with Crippen LogP contribution in [0.1, 0.15) is 48.4 Å². The number of nitrogens with zero attached hydrogens (tertiary/aromatic N) is 3. The van der Waals surface area contributed by atoms with Gasteiger partial charge in [-0.25, -0.2) is 13.9 Å². The Bertz CT molecular complexity index is 1050. The SMILES string of the molecule is CCc1nn2ccc3nc2c1C(=O)NC[C@H](C)Oc1ccc(F)cc1[C@@H](C)N3. The monoisotopic (exact) mass is 383 g/mol. The third-order valence-electron chi connectivity index (χ3n) is 4.80. The van der Waals surface area contributed by atoms with E-state index in [1.54, 1.807) is 22.8 Å². The summed E-state index contributed by atoms with van der Waals surface area (Å²) in [7, 11) is 0. The zero-order valence-electron chi connectivity index (χ0n) is 16.0. The van der Waals surface area contributed by atoms with Gasteiger partial charge in [0.05, 0.1) is 18.3 Å². The van der Waals surface area contributed by atoms with Crippen LogP contribution in [-0.4, -0.2) is 33.2 Å². The lowest BCUT2D eigenvalue weighted by atomic mass is 10.1. The number of carbonyl (C=O) groups excluding carboxylic acids is 1. The molecule has 2 atom stereocenters. The van der Waals surface area contributed by atoms with Crippen molar-refractivity contribution in [2.75, 3.05) is 11.9 Å². The average molecular weight is 383 g/mol. The minimum atomic E-state index is -0.338. The van der Waals surface area contributed by atoms with Gasteiger partial charge >= 0.3 is 0 Å². The first-order valence-electron chi connectivity index (χ1n) is 9.35. The Morgan fingerprint density at radius 2 is 2.14 bits per heavy atom. The van der Waals surface area contributed by atoms with Gasteiger partial charge in [0, 0.05) is 11.8 Å². The highest BCUT2D eigenvalue weighted by Crippen LogP contribution is 2.30. The van der Waals surface area contributed by atoms with Crippen LogP contribution in [0, 0.1) is 5.82 Å². The van der Waals surface area contributed by atoms with E-state index in [0.29, 0.717) is 47.0 Å². The second-order valence-electron chi connectivity index (χ2n) is 6.94. The molecule has 2 N–H and O–H groups in total. The number of aromatic nitrogens is 3. The maximum atomic E-state index is 13.9. The number of aryl methyl sites for hydroxylation is 1. The third kappa shape index (κ3) is 3.26. The molecule has 0 radical (unpaired) electrons. The first-order valence-corrected chi connectivity index (χ1v) is 9.35. The van der Waals surface area contributed by atoms with Gasteiger partial charge in [0.1, 0.15) is 29.1 Å². The summed E-state index contributed by atoms with van der Waals surface area (Å²) in [6.45, 7) is 6.02. The first-order chi connectivity index (χ1) is 13.5. The summed E-state index contributed by atoms with van der Waals surface area (Å²) < 4.78 is 21.5. The Labute approximate surface area is 161 Å². The average Bonchev–Trinajstić information content (AvgIpc) is 3.04. The van der Waals surface area contributed by atoms with E-state index in [9.17, 15) is 9.18 Å². The van der Waals surface area contributed by atoms with E-state index in [1.165, 1.54) is 12.1 Å². The molecular weight excluding hydrogens is 361 g/mol. The minimum absolute atomic E-state index is 0.237. The first kappa shape index (κ1) is 18.2. The second kappa shape index (κ2) is 7.10. The zero-order chi connectivity index (χ0) is 19.8. The smallest absolute Gasteiger partial charge is 0.257 e. The van der Waals surface area contributed by atoms with Gasteiger partial charge in [-0.1, -0.05) is 6.92 Å². The molecule has 146 valence electrons. The van der Waals surface area contributed by atoms with Crippen molar-refractivity contribution in [2.24, 2.45) is 0 Å². The Balaban J connectivity index is 1.85. The molecule has 1 aliphatic rings. The molecule has 0 aliphatic carbocycles. The summed E-state index contributed by atoms with van der Waals surface area (Å²) in [5.41, 5.74) is 2.32. The van der Waals surface area contributed by atoms with Crippen molar-refractivity contribution in [1.29, 1.82) is 0 Å². The summed E-state index contributed by atoms with van der Waals surface area (Å²) >= 11 is 0. The van der Waals surface area contributed by atoms with Crippen LogP contribution < -0.4 is 15.4 Å². The molecule has 28 heavy (non-hydrogen) atoms. The maximum Gasteiger partial charge on any atom is 0.257 e. The van der Waals surface area contributed by atoms with Crippen LogP contribution >= 0.6 is 0 Å². The lowest BCUT2D eigenvalue weighted by molar-refractivity contribution is 0.0932. The molecule has 1 aromatic carbocycles. The number of nitrogens with one attached hydrogen (secondary N) is 2. The summed E-state index contributed by atoms with van der Waals surface area (Å²) in [6.07, 6.45) is 2.08. The predicted octanol–water partition coefficient (Wildman–Crippen LogP) is 3.11. The van der Waals surface area contributed by atoms with Gasteiger partial charge in [-0.3, -0.25) is 4.79 Å². The highest BCUT2D eigenvalue weighted by atomic mass is 19.1. The van der Waals surface area contributed by atoms with Crippen LogP contribution in [0.15, 0.2) is 30.5 Å². The number of fused-ring (bicyclic) bond motifs is 2. The molecule has 0 fully saturated rings. The van der Waals surface area contributed by atoms with Crippen molar-refractivity contribution >= 4 is 17.4 Å². The Kier molecular flexibility index (Phi) is 4.62. The summed E-state index contributed by atoms with van der Waals surface area (Å²) in [5.74, 6) is 0.564. The van der Waals surface area contributed by atoms with E-state index in [-0.39, 0.29) is 23.9 Å². The van der Waals surface area contributed by atoms with Crippen LogP contribution in [0.25, 0.3) is 5.65 Å². The molecule has 1 aliphatic heterocycles. The van der Waals surface area contributed by atoms with Gasteiger partial charge in [-0.15, -0.1) is 0 Å². The van der Waals surface area contributed by atoms with E-state index in [2.05, 4.69) is 20.7 Å². The van der Waals surface area contributed by atoms with E-state index < -0.39 is 0 Å². The van der Waals surface area contributed by atoms with Crippen LogP contribution in [0.2, 0.25) is 0 Å². The lowest BCUT2D eigenvalue weighted by Gasteiger charge is -2.21. The Morgan fingerprint density at radius 1 is 1.32 bits per heavy atom. The van der Waals surface area contributed by atoms with Crippen molar-refractivity contribution in [2.45, 2.75) is 39.3 Å². The lowest BCUT2D eigenvalue weighted by Crippen LogP contribution is -2.34. The standard InChI is InChI=1S/C20H22FN5O2/c1-4-15-18-19-24-17(7-8-26(19)25-15)23-12(3)14-9-13(21)5-6-16(14)28-11(2)10-22-20(18)27/h5-9,11-12H,4,10H2,1-3H3,(H,22,27)(H,23,24)/t11-,12+/m0/s1. The normalized spacial score (nSPS) is 19.6. The maximum absolute atomic E-state index is 13.9. The van der Waals surface area contributed by atoms with Crippen LogP contribution in [0.4, 0.5) is 10.2 Å². The van der Waals surface area contributed by atoms with Crippen molar-refractivity contribution < 1.29 is 13.9 Å². The fraction of sp³-hybridized carbons (Fsp3) is 0.350. The second-order valence-corrected chi connectivity index (χ2v) is 6.94. The molecule has 0 saturated carbocycles. The van der Waals surface area contributed by atoms with Gasteiger partial charge in [0.2, 0.25) is 0 Å². The molecule has 2 bridgehead atoms.